The molecule has 0 aromatic rings. The van der Waals surface area contributed by atoms with E-state index < -0.39 is 12.9 Å². The van der Waals surface area contributed by atoms with Gasteiger partial charge in [-0.3, -0.25) is 4.57 Å². The quantitative estimate of drug-likeness (QED) is 0.0761. The van der Waals surface area contributed by atoms with Crippen LogP contribution in [0.25, 0.3) is 0 Å². The van der Waals surface area contributed by atoms with E-state index in [0.717, 1.165) is 25.7 Å². The molecule has 0 aromatic heterocycles. The van der Waals surface area contributed by atoms with Gasteiger partial charge in [-0.15, -0.1) is 0 Å². The zero-order valence-electron chi connectivity index (χ0n) is 21.0. The smallest absolute Gasteiger partial charge is 0.362 e. The third-order valence-corrected chi connectivity index (χ3v) is 7.31. The Morgan fingerprint density at radius 2 is 1.10 bits per heavy atom. The molecule has 0 aliphatic heterocycles. The molecule has 6 heteroatoms. The SMILES string of the molecule is CCCCCCCCCC/C=C\CCCCCCCCC(O)(C[N+](C)(C)C)P(=O)(O)O. The first-order valence-electron chi connectivity index (χ1n) is 12.8. The molecule has 31 heavy (non-hydrogen) atoms. The van der Waals surface area contributed by atoms with Crippen molar-refractivity contribution in [1.82, 2.24) is 0 Å². The number of nitrogens with zero attached hydrogens (tertiary/aromatic N) is 1. The number of hydrogen-bond donors (Lipinski definition) is 3. The molecule has 0 saturated carbocycles. The minimum Gasteiger partial charge on any atom is -0.373 e. The van der Waals surface area contributed by atoms with Crippen molar-refractivity contribution in [2.75, 3.05) is 27.7 Å². The highest BCUT2D eigenvalue weighted by Crippen LogP contribution is 2.52. The molecule has 3 N–H and O–H groups in total. The minimum atomic E-state index is -4.54. The second-order valence-corrected chi connectivity index (χ2v) is 12.3. The number of hydrogen-bond acceptors (Lipinski definition) is 2. The van der Waals surface area contributed by atoms with Gasteiger partial charge in [-0.25, -0.2) is 0 Å². The van der Waals surface area contributed by atoms with E-state index in [1.165, 1.54) is 70.6 Å². The van der Waals surface area contributed by atoms with Crippen LogP contribution in [0.4, 0.5) is 0 Å². The van der Waals surface area contributed by atoms with Crippen molar-refractivity contribution in [3.05, 3.63) is 12.2 Å². The van der Waals surface area contributed by atoms with Gasteiger partial charge in [0, 0.05) is 0 Å². The highest BCUT2D eigenvalue weighted by Gasteiger charge is 2.48. The van der Waals surface area contributed by atoms with Gasteiger partial charge in [0.15, 0.2) is 0 Å². The van der Waals surface area contributed by atoms with Crippen molar-refractivity contribution >= 4 is 7.60 Å². The number of unbranched alkanes of at least 4 members (excludes halogenated alkanes) is 14. The topological polar surface area (TPSA) is 77.8 Å². The standard InChI is InChI=1S/C25H52NO4P/c1-5-6-7-8-9-10-11-12-13-14-15-16-17-18-19-20-21-22-23-25(27,31(28,29)30)24-26(2,3)4/h14-15,27H,5-13,16-24H2,1-4H3,(H-,28,29,30)/p+1/b15-14-. The molecule has 1 atom stereocenters. The maximum atomic E-state index is 11.8. The van der Waals surface area contributed by atoms with Crippen LogP contribution < -0.4 is 0 Å². The van der Waals surface area contributed by atoms with E-state index in [0.29, 0.717) is 10.9 Å². The Morgan fingerprint density at radius 3 is 1.48 bits per heavy atom. The zero-order valence-corrected chi connectivity index (χ0v) is 21.9. The fourth-order valence-electron chi connectivity index (χ4n) is 4.09. The fraction of sp³-hybridized carbons (Fsp3) is 0.920. The summed E-state index contributed by atoms with van der Waals surface area (Å²) < 4.78 is 12.1. The molecule has 0 bridgehead atoms. The average Bonchev–Trinajstić information content (AvgIpc) is 2.65. The van der Waals surface area contributed by atoms with Gasteiger partial charge in [0.2, 0.25) is 5.34 Å². The van der Waals surface area contributed by atoms with Crippen molar-refractivity contribution in [1.29, 1.82) is 0 Å². The predicted octanol–water partition coefficient (Wildman–Crippen LogP) is 6.77. The maximum Gasteiger partial charge on any atom is 0.362 e. The van der Waals surface area contributed by atoms with Gasteiger partial charge >= 0.3 is 7.60 Å². The summed E-state index contributed by atoms with van der Waals surface area (Å²) in [7, 11) is 0.969. The molecule has 0 spiro atoms. The van der Waals surface area contributed by atoms with Crippen LogP contribution in [0, 0.1) is 0 Å². The van der Waals surface area contributed by atoms with E-state index in [2.05, 4.69) is 19.1 Å². The summed E-state index contributed by atoms with van der Waals surface area (Å²) in [6.45, 7) is 2.32. The van der Waals surface area contributed by atoms with Crippen LogP contribution in [0.2, 0.25) is 0 Å². The highest BCUT2D eigenvalue weighted by molar-refractivity contribution is 7.53. The Labute approximate surface area is 193 Å². The summed E-state index contributed by atoms with van der Waals surface area (Å²) in [5.74, 6) is 0. The van der Waals surface area contributed by atoms with Gasteiger partial charge in [-0.05, 0) is 38.5 Å². The summed E-state index contributed by atoms with van der Waals surface area (Å²) >= 11 is 0. The summed E-state index contributed by atoms with van der Waals surface area (Å²) in [5.41, 5.74) is 0. The normalized spacial score (nSPS) is 14.9. The molecule has 0 heterocycles. The van der Waals surface area contributed by atoms with Gasteiger partial charge in [0.05, 0.1) is 21.1 Å². The van der Waals surface area contributed by atoms with Gasteiger partial charge in [-0.2, -0.15) is 0 Å². The summed E-state index contributed by atoms with van der Waals surface area (Å²) in [5, 5.41) is 8.62. The molecule has 0 rings (SSSR count). The third-order valence-electron chi connectivity index (χ3n) is 5.86. The molecule has 5 nitrogen and oxygen atoms in total. The zero-order chi connectivity index (χ0) is 23.6. The van der Waals surface area contributed by atoms with E-state index in [9.17, 15) is 19.5 Å². The Morgan fingerprint density at radius 1 is 0.710 bits per heavy atom. The molecule has 0 aliphatic carbocycles. The lowest BCUT2D eigenvalue weighted by Gasteiger charge is -2.35. The van der Waals surface area contributed by atoms with E-state index in [1.54, 1.807) is 0 Å². The lowest BCUT2D eigenvalue weighted by atomic mass is 10.0. The Balaban J connectivity index is 3.64. The largest absolute Gasteiger partial charge is 0.373 e. The first kappa shape index (κ1) is 30.8. The van der Waals surface area contributed by atoms with Gasteiger partial charge < -0.3 is 19.4 Å². The van der Waals surface area contributed by atoms with Crippen molar-refractivity contribution in [3.63, 3.8) is 0 Å². The second-order valence-electron chi connectivity index (χ2n) is 10.4. The number of quaternary nitrogens is 1. The molecule has 0 fully saturated rings. The van der Waals surface area contributed by atoms with Crippen molar-refractivity contribution in [2.45, 2.75) is 121 Å². The molecule has 0 amide bonds. The molecule has 0 aliphatic rings. The minimum absolute atomic E-state index is 0.0581. The van der Waals surface area contributed by atoms with Crippen LogP contribution in [0.3, 0.4) is 0 Å². The number of allylic oxidation sites excluding steroid dienone is 2. The Hall–Kier alpha value is -0.190. The lowest BCUT2D eigenvalue weighted by molar-refractivity contribution is -0.875. The van der Waals surface area contributed by atoms with Crippen molar-refractivity contribution in [3.8, 4) is 0 Å². The van der Waals surface area contributed by atoms with Crippen LogP contribution in [0.5, 0.6) is 0 Å². The fourth-order valence-corrected chi connectivity index (χ4v) is 5.14. The third kappa shape index (κ3) is 18.0. The van der Waals surface area contributed by atoms with Gasteiger partial charge in [0.1, 0.15) is 6.54 Å². The van der Waals surface area contributed by atoms with Crippen LogP contribution in [-0.4, -0.2) is 52.4 Å². The van der Waals surface area contributed by atoms with Crippen LogP contribution in [0.15, 0.2) is 12.2 Å². The molecule has 186 valence electrons. The highest BCUT2D eigenvalue weighted by atomic mass is 31.2. The number of rotatable bonds is 21. The van der Waals surface area contributed by atoms with Crippen LogP contribution in [-0.2, 0) is 4.57 Å². The molecule has 0 saturated heterocycles. The van der Waals surface area contributed by atoms with E-state index in [1.807, 2.05) is 21.1 Å². The molecular formula is C25H53NO4P+. The first-order valence-corrected chi connectivity index (χ1v) is 14.4. The van der Waals surface area contributed by atoms with Crippen LogP contribution >= 0.6 is 7.60 Å². The molecule has 1 unspecified atom stereocenters. The summed E-state index contributed by atoms with van der Waals surface area (Å²) in [4.78, 5) is 19.2. The van der Waals surface area contributed by atoms with E-state index in [-0.39, 0.29) is 13.0 Å². The summed E-state index contributed by atoms with van der Waals surface area (Å²) in [6, 6.07) is 0. The van der Waals surface area contributed by atoms with Gasteiger partial charge in [-0.1, -0.05) is 89.7 Å². The molecule has 0 aromatic carbocycles. The van der Waals surface area contributed by atoms with Crippen molar-refractivity contribution in [2.24, 2.45) is 0 Å². The lowest BCUT2D eigenvalue weighted by Crippen LogP contribution is -2.49. The van der Waals surface area contributed by atoms with Crippen LogP contribution in [0.1, 0.15) is 116 Å². The number of aliphatic hydroxyl groups is 1. The Kier molecular flexibility index (Phi) is 17.2. The monoisotopic (exact) mass is 462 g/mol. The molecular weight excluding hydrogens is 409 g/mol. The number of likely N-dealkylation sites (N-methyl/N-ethyl adjacent to an activating group) is 1. The van der Waals surface area contributed by atoms with Gasteiger partial charge in [0.25, 0.3) is 0 Å². The maximum absolute atomic E-state index is 11.8. The Bertz CT molecular complexity index is 498. The predicted molar refractivity (Wildman–Crippen MR) is 133 cm³/mol. The van der Waals surface area contributed by atoms with Crippen molar-refractivity contribution < 1.29 is 23.9 Å². The molecule has 0 radical (unpaired) electrons. The van der Waals surface area contributed by atoms with E-state index in [4.69, 9.17) is 0 Å². The van der Waals surface area contributed by atoms with E-state index >= 15 is 0 Å². The second kappa shape index (κ2) is 17.3. The summed E-state index contributed by atoms with van der Waals surface area (Å²) in [6.07, 6.45) is 24.4. The first-order chi connectivity index (χ1) is 14.5. The average molecular weight is 463 g/mol.